The molecule has 1 amide bonds. The summed E-state index contributed by atoms with van der Waals surface area (Å²) in [5.41, 5.74) is 0. The van der Waals surface area contributed by atoms with Crippen LogP contribution < -0.4 is 10.2 Å². The second-order valence-corrected chi connectivity index (χ2v) is 5.24. The zero-order valence-corrected chi connectivity index (χ0v) is 11.9. The number of rotatable bonds is 4. The number of hydrogen-bond donors (Lipinski definition) is 1. The summed E-state index contributed by atoms with van der Waals surface area (Å²) in [6.07, 6.45) is 7.34. The Labute approximate surface area is 123 Å². The highest BCUT2D eigenvalue weighted by Crippen LogP contribution is 2.17. The molecule has 6 nitrogen and oxygen atoms in total. The molecule has 3 rings (SSSR count). The van der Waals surface area contributed by atoms with Crippen LogP contribution in [0.1, 0.15) is 12.8 Å². The van der Waals surface area contributed by atoms with Crippen LogP contribution in [0.3, 0.4) is 0 Å². The average molecular weight is 285 g/mol. The van der Waals surface area contributed by atoms with Gasteiger partial charge in [0.1, 0.15) is 12.4 Å². The van der Waals surface area contributed by atoms with Gasteiger partial charge in [0.25, 0.3) is 0 Å². The smallest absolute Gasteiger partial charge is 0.242 e. The van der Waals surface area contributed by atoms with E-state index in [1.165, 1.54) is 0 Å². The molecule has 1 fully saturated rings. The van der Waals surface area contributed by atoms with Gasteiger partial charge in [-0.05, 0) is 31.0 Å². The Morgan fingerprint density at radius 3 is 3.05 bits per heavy atom. The van der Waals surface area contributed by atoms with Gasteiger partial charge in [-0.2, -0.15) is 5.10 Å². The summed E-state index contributed by atoms with van der Waals surface area (Å²) < 4.78 is 1.63. The van der Waals surface area contributed by atoms with Crippen LogP contribution in [0.25, 0.3) is 0 Å². The molecular weight excluding hydrogens is 266 g/mol. The third kappa shape index (κ3) is 3.59. The average Bonchev–Trinajstić information content (AvgIpc) is 3.01. The van der Waals surface area contributed by atoms with Gasteiger partial charge in [0.2, 0.25) is 5.91 Å². The van der Waals surface area contributed by atoms with Crippen molar-refractivity contribution in [2.75, 3.05) is 18.0 Å². The molecule has 1 aliphatic rings. The van der Waals surface area contributed by atoms with E-state index in [1.807, 2.05) is 24.3 Å². The molecule has 0 bridgehead atoms. The van der Waals surface area contributed by atoms with E-state index >= 15 is 0 Å². The molecule has 2 aromatic rings. The Balaban J connectivity index is 1.55. The van der Waals surface area contributed by atoms with Crippen LogP contribution in [-0.4, -0.2) is 39.8 Å². The number of anilines is 1. The van der Waals surface area contributed by atoms with E-state index in [0.717, 1.165) is 31.7 Å². The van der Waals surface area contributed by atoms with Crippen molar-refractivity contribution in [3.63, 3.8) is 0 Å². The second kappa shape index (κ2) is 6.39. The lowest BCUT2D eigenvalue weighted by molar-refractivity contribution is -0.122. The fraction of sp³-hybridized carbons (Fsp3) is 0.400. The molecule has 0 radical (unpaired) electrons. The van der Waals surface area contributed by atoms with Crippen molar-refractivity contribution >= 4 is 11.7 Å². The van der Waals surface area contributed by atoms with Crippen molar-refractivity contribution in [3.8, 4) is 0 Å². The highest BCUT2D eigenvalue weighted by Gasteiger charge is 2.22. The van der Waals surface area contributed by atoms with Gasteiger partial charge in [-0.1, -0.05) is 6.07 Å². The fourth-order valence-electron chi connectivity index (χ4n) is 2.66. The Morgan fingerprint density at radius 2 is 2.29 bits per heavy atom. The molecule has 0 aromatic carbocycles. The van der Waals surface area contributed by atoms with Crippen LogP contribution in [0.2, 0.25) is 0 Å². The summed E-state index contributed by atoms with van der Waals surface area (Å²) in [6.45, 7) is 2.07. The minimum Gasteiger partial charge on any atom is -0.355 e. The second-order valence-electron chi connectivity index (χ2n) is 5.24. The molecule has 1 saturated heterocycles. The summed E-state index contributed by atoms with van der Waals surface area (Å²) in [7, 11) is 0. The predicted octanol–water partition coefficient (Wildman–Crippen LogP) is 1.06. The first kappa shape index (κ1) is 13.6. The van der Waals surface area contributed by atoms with Crippen LogP contribution in [-0.2, 0) is 11.3 Å². The maximum absolute atomic E-state index is 12.0. The van der Waals surface area contributed by atoms with E-state index in [4.69, 9.17) is 0 Å². The van der Waals surface area contributed by atoms with Gasteiger partial charge in [0.15, 0.2) is 0 Å². The molecule has 21 heavy (non-hydrogen) atoms. The largest absolute Gasteiger partial charge is 0.355 e. The summed E-state index contributed by atoms with van der Waals surface area (Å²) in [6, 6.07) is 7.90. The van der Waals surface area contributed by atoms with Gasteiger partial charge in [0, 0.05) is 37.7 Å². The van der Waals surface area contributed by atoms with E-state index in [1.54, 1.807) is 23.3 Å². The Kier molecular flexibility index (Phi) is 4.14. The van der Waals surface area contributed by atoms with E-state index in [2.05, 4.69) is 20.3 Å². The summed E-state index contributed by atoms with van der Waals surface area (Å²) in [5.74, 6) is 0.982. The van der Waals surface area contributed by atoms with Crippen molar-refractivity contribution in [2.45, 2.75) is 25.4 Å². The summed E-state index contributed by atoms with van der Waals surface area (Å²) in [4.78, 5) is 18.6. The molecule has 2 aromatic heterocycles. The third-order valence-corrected chi connectivity index (χ3v) is 3.62. The zero-order chi connectivity index (χ0) is 14.5. The van der Waals surface area contributed by atoms with Gasteiger partial charge in [-0.15, -0.1) is 0 Å². The molecule has 0 saturated carbocycles. The third-order valence-electron chi connectivity index (χ3n) is 3.62. The van der Waals surface area contributed by atoms with Gasteiger partial charge in [0.05, 0.1) is 0 Å². The molecule has 110 valence electrons. The quantitative estimate of drug-likeness (QED) is 0.912. The predicted molar refractivity (Wildman–Crippen MR) is 79.8 cm³/mol. The number of hydrogen-bond acceptors (Lipinski definition) is 4. The molecule has 1 atom stereocenters. The van der Waals surface area contributed by atoms with E-state index < -0.39 is 0 Å². The molecule has 1 aliphatic heterocycles. The number of pyridine rings is 1. The first-order valence-corrected chi connectivity index (χ1v) is 7.24. The highest BCUT2D eigenvalue weighted by molar-refractivity contribution is 5.76. The topological polar surface area (TPSA) is 63.1 Å². The van der Waals surface area contributed by atoms with Crippen molar-refractivity contribution in [1.82, 2.24) is 20.1 Å². The molecule has 0 unspecified atom stereocenters. The summed E-state index contributed by atoms with van der Waals surface area (Å²) in [5, 5.41) is 7.13. The number of nitrogens with one attached hydrogen (secondary N) is 1. The number of amides is 1. The Bertz CT molecular complexity index is 569. The van der Waals surface area contributed by atoms with Crippen LogP contribution >= 0.6 is 0 Å². The Hall–Kier alpha value is -2.37. The maximum Gasteiger partial charge on any atom is 0.242 e. The van der Waals surface area contributed by atoms with Gasteiger partial charge >= 0.3 is 0 Å². The normalized spacial score (nSPS) is 18.5. The first-order valence-electron chi connectivity index (χ1n) is 7.24. The highest BCUT2D eigenvalue weighted by atomic mass is 16.2. The standard InChI is InChI=1S/C15H19N5O/c21-15(12-20-10-4-8-17-20)18-13-5-3-9-19(11-13)14-6-1-2-7-16-14/h1-2,4,6-8,10,13H,3,5,9,11-12H2,(H,18,21)/t13-/m1/s1. The lowest BCUT2D eigenvalue weighted by atomic mass is 10.1. The SMILES string of the molecule is O=C(Cn1cccn1)N[C@@H]1CCCN(c2ccccn2)C1. The fourth-order valence-corrected chi connectivity index (χ4v) is 2.66. The van der Waals surface area contributed by atoms with E-state index in [0.29, 0.717) is 0 Å². The van der Waals surface area contributed by atoms with E-state index in [-0.39, 0.29) is 18.5 Å². The minimum atomic E-state index is 0.00608. The molecule has 6 heteroatoms. The van der Waals surface area contributed by atoms with Crippen LogP contribution in [0.5, 0.6) is 0 Å². The number of carbonyl (C=O) groups excluding carboxylic acids is 1. The maximum atomic E-state index is 12.0. The number of nitrogens with zero attached hydrogens (tertiary/aromatic N) is 4. The number of carbonyl (C=O) groups is 1. The van der Waals surface area contributed by atoms with Crippen LogP contribution in [0.15, 0.2) is 42.9 Å². The van der Waals surface area contributed by atoms with Gasteiger partial charge in [-0.3, -0.25) is 9.48 Å². The summed E-state index contributed by atoms with van der Waals surface area (Å²) >= 11 is 0. The molecule has 0 spiro atoms. The van der Waals surface area contributed by atoms with Crippen LogP contribution in [0.4, 0.5) is 5.82 Å². The van der Waals surface area contributed by atoms with Crippen molar-refractivity contribution in [1.29, 1.82) is 0 Å². The van der Waals surface area contributed by atoms with Gasteiger partial charge < -0.3 is 10.2 Å². The van der Waals surface area contributed by atoms with E-state index in [9.17, 15) is 4.79 Å². The number of aromatic nitrogens is 3. The van der Waals surface area contributed by atoms with Crippen molar-refractivity contribution < 1.29 is 4.79 Å². The Morgan fingerprint density at radius 1 is 1.33 bits per heavy atom. The number of piperidine rings is 1. The van der Waals surface area contributed by atoms with Crippen molar-refractivity contribution in [3.05, 3.63) is 42.9 Å². The molecule has 3 heterocycles. The first-order chi connectivity index (χ1) is 10.3. The van der Waals surface area contributed by atoms with Crippen LogP contribution in [0, 0.1) is 0 Å². The molecular formula is C15H19N5O. The lowest BCUT2D eigenvalue weighted by Gasteiger charge is -2.33. The van der Waals surface area contributed by atoms with Gasteiger partial charge in [-0.25, -0.2) is 4.98 Å². The minimum absolute atomic E-state index is 0.00608. The lowest BCUT2D eigenvalue weighted by Crippen LogP contribution is -2.48. The van der Waals surface area contributed by atoms with Crippen molar-refractivity contribution in [2.24, 2.45) is 0 Å². The molecule has 0 aliphatic carbocycles. The monoisotopic (exact) mass is 285 g/mol. The zero-order valence-electron chi connectivity index (χ0n) is 11.9. The molecule has 1 N–H and O–H groups in total.